The van der Waals surface area contributed by atoms with E-state index in [1.165, 1.54) is 7.11 Å². The third-order valence-corrected chi connectivity index (χ3v) is 5.75. The summed E-state index contributed by atoms with van der Waals surface area (Å²) in [6, 6.07) is 14.7. The Bertz CT molecular complexity index is 715. The SMILES string of the molecule is COC(=O)c1ccc(CN2CCS(O)(O)c3ccccc32)cc1. The first kappa shape index (κ1) is 15.9. The molecule has 0 fully saturated rings. The van der Waals surface area contributed by atoms with E-state index in [-0.39, 0.29) is 5.97 Å². The van der Waals surface area contributed by atoms with Crippen molar-refractivity contribution in [2.45, 2.75) is 11.4 Å². The molecule has 0 saturated carbocycles. The van der Waals surface area contributed by atoms with Crippen molar-refractivity contribution in [3.63, 3.8) is 0 Å². The molecule has 122 valence electrons. The van der Waals surface area contributed by atoms with Gasteiger partial charge in [0.15, 0.2) is 0 Å². The zero-order valence-electron chi connectivity index (χ0n) is 12.8. The molecule has 1 aliphatic heterocycles. The molecular formula is C17H19NO4S. The van der Waals surface area contributed by atoms with Crippen molar-refractivity contribution in [2.24, 2.45) is 0 Å². The van der Waals surface area contributed by atoms with Gasteiger partial charge in [-0.2, -0.15) is 10.6 Å². The summed E-state index contributed by atoms with van der Waals surface area (Å²) in [6.07, 6.45) is 0. The topological polar surface area (TPSA) is 70.0 Å². The number of rotatable bonds is 3. The molecule has 6 heteroatoms. The van der Waals surface area contributed by atoms with Crippen LogP contribution in [-0.2, 0) is 11.3 Å². The number of fused-ring (bicyclic) bond motifs is 1. The Labute approximate surface area is 136 Å². The fraction of sp³-hybridized carbons (Fsp3) is 0.235. The van der Waals surface area contributed by atoms with E-state index in [1.807, 2.05) is 30.3 Å². The highest BCUT2D eigenvalue weighted by molar-refractivity contribution is 8.24. The summed E-state index contributed by atoms with van der Waals surface area (Å²) < 4.78 is 25.1. The Morgan fingerprint density at radius 1 is 1.17 bits per heavy atom. The molecular weight excluding hydrogens is 314 g/mol. The number of methoxy groups -OCH3 is 1. The Morgan fingerprint density at radius 2 is 1.87 bits per heavy atom. The van der Waals surface area contributed by atoms with Gasteiger partial charge in [0, 0.05) is 13.1 Å². The monoisotopic (exact) mass is 333 g/mol. The largest absolute Gasteiger partial charge is 0.465 e. The first-order valence-corrected chi connectivity index (χ1v) is 9.00. The van der Waals surface area contributed by atoms with E-state index in [0.717, 1.165) is 11.3 Å². The summed E-state index contributed by atoms with van der Waals surface area (Å²) in [4.78, 5) is 14.2. The van der Waals surface area contributed by atoms with Gasteiger partial charge in [-0.15, -0.1) is 0 Å². The summed E-state index contributed by atoms with van der Waals surface area (Å²) in [7, 11) is -1.33. The van der Waals surface area contributed by atoms with E-state index in [0.29, 0.717) is 29.3 Å². The van der Waals surface area contributed by atoms with Crippen molar-refractivity contribution in [2.75, 3.05) is 24.3 Å². The van der Waals surface area contributed by atoms with Gasteiger partial charge in [-0.1, -0.05) is 24.3 Å². The van der Waals surface area contributed by atoms with Crippen molar-refractivity contribution in [1.29, 1.82) is 0 Å². The average molecular weight is 333 g/mol. The Hall–Kier alpha value is -2.02. The molecule has 5 nitrogen and oxygen atoms in total. The van der Waals surface area contributed by atoms with E-state index in [2.05, 4.69) is 4.90 Å². The van der Waals surface area contributed by atoms with E-state index in [1.54, 1.807) is 18.2 Å². The molecule has 3 rings (SSSR count). The van der Waals surface area contributed by atoms with Gasteiger partial charge in [-0.3, -0.25) is 9.11 Å². The fourth-order valence-corrected chi connectivity index (χ4v) is 4.23. The van der Waals surface area contributed by atoms with Gasteiger partial charge >= 0.3 is 5.97 Å². The number of anilines is 1. The van der Waals surface area contributed by atoms with E-state index >= 15 is 0 Å². The molecule has 0 atom stereocenters. The van der Waals surface area contributed by atoms with Crippen LogP contribution in [0.5, 0.6) is 0 Å². The summed E-state index contributed by atoms with van der Waals surface area (Å²) in [5.74, 6) is -0.0154. The molecule has 2 aromatic rings. The second-order valence-electron chi connectivity index (χ2n) is 5.45. The third-order valence-electron chi connectivity index (χ3n) is 3.95. The zero-order chi connectivity index (χ0) is 16.4. The standard InChI is InChI=1S/C17H19NO4S/c1-22-17(19)14-8-6-13(7-9-14)12-18-10-11-23(20,21)16-5-3-2-4-15(16)18/h2-9,20-21H,10-12H2,1H3. The molecule has 0 bridgehead atoms. The molecule has 0 aliphatic carbocycles. The van der Waals surface area contributed by atoms with Crippen LogP contribution in [0.2, 0.25) is 0 Å². The van der Waals surface area contributed by atoms with Crippen LogP contribution in [0.15, 0.2) is 53.4 Å². The number of ether oxygens (including phenoxy) is 1. The van der Waals surface area contributed by atoms with E-state index in [9.17, 15) is 13.9 Å². The highest BCUT2D eigenvalue weighted by Crippen LogP contribution is 2.54. The summed E-state index contributed by atoms with van der Waals surface area (Å²) >= 11 is 0. The summed E-state index contributed by atoms with van der Waals surface area (Å²) in [5, 5.41) is 0. The van der Waals surface area contributed by atoms with Gasteiger partial charge in [-0.25, -0.2) is 4.79 Å². The van der Waals surface area contributed by atoms with Crippen LogP contribution in [0.3, 0.4) is 0 Å². The maximum atomic E-state index is 11.5. The van der Waals surface area contributed by atoms with Crippen LogP contribution in [0.1, 0.15) is 15.9 Å². The van der Waals surface area contributed by atoms with Gasteiger partial charge in [0.25, 0.3) is 0 Å². The maximum Gasteiger partial charge on any atom is 0.337 e. The van der Waals surface area contributed by atoms with Crippen molar-refractivity contribution >= 4 is 22.2 Å². The molecule has 2 N–H and O–H groups in total. The quantitative estimate of drug-likeness (QED) is 0.840. The third kappa shape index (κ3) is 3.19. The van der Waals surface area contributed by atoms with Crippen molar-refractivity contribution in [3.8, 4) is 0 Å². The van der Waals surface area contributed by atoms with Crippen LogP contribution >= 0.6 is 10.6 Å². The highest BCUT2D eigenvalue weighted by Gasteiger charge is 2.28. The molecule has 1 aliphatic rings. The maximum absolute atomic E-state index is 11.5. The molecule has 2 aromatic carbocycles. The number of hydrogen-bond donors (Lipinski definition) is 2. The number of carbonyl (C=O) groups excluding carboxylic acids is 1. The molecule has 0 spiro atoms. The van der Waals surface area contributed by atoms with E-state index in [4.69, 9.17) is 4.74 Å². The smallest absolute Gasteiger partial charge is 0.337 e. The van der Waals surface area contributed by atoms with Crippen LogP contribution in [-0.4, -0.2) is 34.5 Å². The van der Waals surface area contributed by atoms with Gasteiger partial charge in [0.1, 0.15) is 0 Å². The first-order valence-electron chi connectivity index (χ1n) is 7.28. The lowest BCUT2D eigenvalue weighted by Crippen LogP contribution is -2.33. The molecule has 0 amide bonds. The molecule has 0 saturated heterocycles. The van der Waals surface area contributed by atoms with Crippen molar-refractivity contribution < 1.29 is 18.6 Å². The van der Waals surface area contributed by atoms with Crippen LogP contribution < -0.4 is 4.90 Å². The lowest BCUT2D eigenvalue weighted by molar-refractivity contribution is 0.0600. The molecule has 0 unspecified atom stereocenters. The van der Waals surface area contributed by atoms with Gasteiger partial charge < -0.3 is 9.64 Å². The Morgan fingerprint density at radius 3 is 2.57 bits per heavy atom. The van der Waals surface area contributed by atoms with Gasteiger partial charge in [0.05, 0.1) is 29.0 Å². The van der Waals surface area contributed by atoms with Crippen molar-refractivity contribution in [3.05, 3.63) is 59.7 Å². The lowest BCUT2D eigenvalue weighted by atomic mass is 10.1. The zero-order valence-corrected chi connectivity index (χ0v) is 13.6. The van der Waals surface area contributed by atoms with Gasteiger partial charge in [0.2, 0.25) is 0 Å². The fourth-order valence-electron chi connectivity index (χ4n) is 2.71. The molecule has 0 aromatic heterocycles. The number of nitrogens with zero attached hydrogens (tertiary/aromatic N) is 1. The second kappa shape index (κ2) is 6.23. The Kier molecular flexibility index (Phi) is 4.30. The normalized spacial score (nSPS) is 17.3. The summed E-state index contributed by atoms with van der Waals surface area (Å²) in [5.41, 5.74) is 2.42. The molecule has 0 radical (unpaired) electrons. The number of esters is 1. The minimum Gasteiger partial charge on any atom is -0.465 e. The number of carbonyl (C=O) groups is 1. The minimum absolute atomic E-state index is 0.338. The predicted molar refractivity (Wildman–Crippen MR) is 91.3 cm³/mol. The average Bonchev–Trinajstić information content (AvgIpc) is 2.58. The van der Waals surface area contributed by atoms with Gasteiger partial charge in [-0.05, 0) is 29.8 Å². The number of hydrogen-bond acceptors (Lipinski definition) is 5. The Balaban J connectivity index is 1.82. The van der Waals surface area contributed by atoms with Crippen LogP contribution in [0.25, 0.3) is 0 Å². The predicted octanol–water partition coefficient (Wildman–Crippen LogP) is 3.60. The molecule has 1 heterocycles. The highest BCUT2D eigenvalue weighted by atomic mass is 32.3. The number of para-hydroxylation sites is 1. The van der Waals surface area contributed by atoms with Crippen molar-refractivity contribution in [1.82, 2.24) is 0 Å². The van der Waals surface area contributed by atoms with Crippen LogP contribution in [0, 0.1) is 0 Å². The second-order valence-corrected chi connectivity index (χ2v) is 7.63. The first-order chi connectivity index (χ1) is 11.0. The molecule has 23 heavy (non-hydrogen) atoms. The summed E-state index contributed by atoms with van der Waals surface area (Å²) in [6.45, 7) is 1.23. The minimum atomic E-state index is -2.69. The lowest BCUT2D eigenvalue weighted by Gasteiger charge is -2.43. The van der Waals surface area contributed by atoms with Crippen LogP contribution in [0.4, 0.5) is 5.69 Å². The van der Waals surface area contributed by atoms with E-state index < -0.39 is 10.6 Å². The number of benzene rings is 2.